The fourth-order valence-electron chi connectivity index (χ4n) is 1.27. The van der Waals surface area contributed by atoms with Crippen molar-refractivity contribution < 1.29 is 4.39 Å². The molecule has 0 amide bonds. The molecule has 0 aromatic rings. The van der Waals surface area contributed by atoms with Crippen molar-refractivity contribution in [1.29, 1.82) is 0 Å². The summed E-state index contributed by atoms with van der Waals surface area (Å²) in [7, 11) is 0. The molecule has 1 heteroatoms. The minimum Gasteiger partial charge on any atom is -0.247 e. The lowest BCUT2D eigenvalue weighted by Crippen LogP contribution is -2.15. The van der Waals surface area contributed by atoms with E-state index in [-0.39, 0.29) is 5.92 Å². The third-order valence-electron chi connectivity index (χ3n) is 1.95. The van der Waals surface area contributed by atoms with Gasteiger partial charge in [-0.3, -0.25) is 0 Å². The topological polar surface area (TPSA) is 0 Å². The van der Waals surface area contributed by atoms with Crippen LogP contribution in [0.1, 0.15) is 26.7 Å². The molecule has 0 saturated heterocycles. The van der Waals surface area contributed by atoms with Gasteiger partial charge in [-0.05, 0) is 25.7 Å². The van der Waals surface area contributed by atoms with Gasteiger partial charge in [0.2, 0.25) is 0 Å². The van der Waals surface area contributed by atoms with Crippen LogP contribution in [0.15, 0.2) is 11.6 Å². The van der Waals surface area contributed by atoms with Gasteiger partial charge >= 0.3 is 0 Å². The van der Waals surface area contributed by atoms with Gasteiger partial charge in [0.25, 0.3) is 0 Å². The lowest BCUT2D eigenvalue weighted by atomic mass is 9.90. The largest absolute Gasteiger partial charge is 0.247 e. The molecule has 0 N–H and O–H groups in total. The molecule has 0 spiro atoms. The van der Waals surface area contributed by atoms with E-state index in [1.165, 1.54) is 5.57 Å². The molecule has 0 radical (unpaired) electrons. The van der Waals surface area contributed by atoms with Gasteiger partial charge < -0.3 is 0 Å². The summed E-state index contributed by atoms with van der Waals surface area (Å²) in [5.74, 6) is 0.245. The van der Waals surface area contributed by atoms with Crippen molar-refractivity contribution in [2.24, 2.45) is 5.92 Å². The van der Waals surface area contributed by atoms with Crippen LogP contribution in [0, 0.1) is 5.92 Å². The van der Waals surface area contributed by atoms with Gasteiger partial charge in [-0.25, -0.2) is 4.39 Å². The number of halogens is 1. The van der Waals surface area contributed by atoms with E-state index in [1.54, 1.807) is 0 Å². The Morgan fingerprint density at radius 3 is 2.78 bits per heavy atom. The maximum Gasteiger partial charge on any atom is 0.106 e. The molecular formula is C8H13F. The number of rotatable bonds is 0. The standard InChI is InChI=1S/C8H13F/c1-6-3-4-8(9)7(2)5-6/h3,7-8H,4-5H2,1-2H3. The predicted octanol–water partition coefficient (Wildman–Crippen LogP) is 2.70. The molecule has 52 valence electrons. The van der Waals surface area contributed by atoms with Crippen molar-refractivity contribution in [3.8, 4) is 0 Å². The molecule has 2 atom stereocenters. The second kappa shape index (κ2) is 2.51. The van der Waals surface area contributed by atoms with Crippen LogP contribution in [-0.2, 0) is 0 Å². The number of hydrogen-bond donors (Lipinski definition) is 0. The summed E-state index contributed by atoms with van der Waals surface area (Å²) in [6, 6.07) is 0. The van der Waals surface area contributed by atoms with Crippen molar-refractivity contribution in [3.05, 3.63) is 11.6 Å². The number of alkyl halides is 1. The summed E-state index contributed by atoms with van der Waals surface area (Å²) in [5.41, 5.74) is 1.34. The van der Waals surface area contributed by atoms with Crippen LogP contribution < -0.4 is 0 Å². The SMILES string of the molecule is CC1=CCC(F)C(C)C1. The first-order chi connectivity index (χ1) is 4.20. The van der Waals surface area contributed by atoms with Crippen molar-refractivity contribution >= 4 is 0 Å². The monoisotopic (exact) mass is 128 g/mol. The molecule has 1 aliphatic rings. The van der Waals surface area contributed by atoms with E-state index in [2.05, 4.69) is 6.92 Å². The zero-order valence-corrected chi connectivity index (χ0v) is 6.02. The smallest absolute Gasteiger partial charge is 0.106 e. The summed E-state index contributed by atoms with van der Waals surface area (Å²) in [4.78, 5) is 0. The molecule has 0 nitrogen and oxygen atoms in total. The van der Waals surface area contributed by atoms with Crippen LogP contribution in [0.4, 0.5) is 4.39 Å². The second-order valence-corrected chi connectivity index (χ2v) is 2.98. The van der Waals surface area contributed by atoms with Crippen LogP contribution in [0.3, 0.4) is 0 Å². The van der Waals surface area contributed by atoms with Gasteiger partial charge in [0, 0.05) is 0 Å². The van der Waals surface area contributed by atoms with E-state index in [4.69, 9.17) is 0 Å². The Labute approximate surface area is 55.8 Å². The molecule has 1 aliphatic carbocycles. The van der Waals surface area contributed by atoms with Crippen molar-refractivity contribution in [2.45, 2.75) is 32.9 Å². The van der Waals surface area contributed by atoms with Crippen LogP contribution >= 0.6 is 0 Å². The molecule has 0 saturated carbocycles. The Morgan fingerprint density at radius 1 is 1.67 bits per heavy atom. The molecule has 0 aromatic heterocycles. The van der Waals surface area contributed by atoms with Crippen molar-refractivity contribution in [1.82, 2.24) is 0 Å². The van der Waals surface area contributed by atoms with Gasteiger partial charge in [0.1, 0.15) is 6.17 Å². The lowest BCUT2D eigenvalue weighted by Gasteiger charge is -2.20. The Balaban J connectivity index is 2.54. The Hall–Kier alpha value is -0.330. The quantitative estimate of drug-likeness (QED) is 0.440. The van der Waals surface area contributed by atoms with Gasteiger partial charge in [0.15, 0.2) is 0 Å². The minimum atomic E-state index is -0.589. The fourth-order valence-corrected chi connectivity index (χ4v) is 1.27. The normalized spacial score (nSPS) is 36.1. The van der Waals surface area contributed by atoms with Gasteiger partial charge in [0.05, 0.1) is 0 Å². The van der Waals surface area contributed by atoms with E-state index >= 15 is 0 Å². The lowest BCUT2D eigenvalue weighted by molar-refractivity contribution is 0.232. The summed E-state index contributed by atoms with van der Waals surface area (Å²) >= 11 is 0. The van der Waals surface area contributed by atoms with Gasteiger partial charge in [-0.2, -0.15) is 0 Å². The molecule has 0 aromatic carbocycles. The molecule has 2 unspecified atom stereocenters. The fraction of sp³-hybridized carbons (Fsp3) is 0.750. The highest BCUT2D eigenvalue weighted by Gasteiger charge is 2.18. The molecule has 0 bridgehead atoms. The molecule has 0 heterocycles. The van der Waals surface area contributed by atoms with Crippen LogP contribution in [0.2, 0.25) is 0 Å². The third kappa shape index (κ3) is 1.54. The number of allylic oxidation sites excluding steroid dienone is 2. The van der Waals surface area contributed by atoms with Gasteiger partial charge in [-0.1, -0.05) is 18.6 Å². The van der Waals surface area contributed by atoms with E-state index < -0.39 is 6.17 Å². The maximum atomic E-state index is 12.7. The zero-order chi connectivity index (χ0) is 6.85. The first kappa shape index (κ1) is 6.79. The Morgan fingerprint density at radius 2 is 2.33 bits per heavy atom. The zero-order valence-electron chi connectivity index (χ0n) is 6.02. The van der Waals surface area contributed by atoms with Crippen molar-refractivity contribution in [2.75, 3.05) is 0 Å². The third-order valence-corrected chi connectivity index (χ3v) is 1.95. The van der Waals surface area contributed by atoms with Gasteiger partial charge in [-0.15, -0.1) is 0 Å². The molecule has 1 rings (SSSR count). The van der Waals surface area contributed by atoms with Crippen LogP contribution in [0.25, 0.3) is 0 Å². The number of hydrogen-bond acceptors (Lipinski definition) is 0. The average Bonchev–Trinajstić information content (AvgIpc) is 1.80. The maximum absolute atomic E-state index is 12.7. The predicted molar refractivity (Wildman–Crippen MR) is 37.1 cm³/mol. The van der Waals surface area contributed by atoms with E-state index in [0.29, 0.717) is 6.42 Å². The van der Waals surface area contributed by atoms with Crippen LogP contribution in [0.5, 0.6) is 0 Å². The highest BCUT2D eigenvalue weighted by Crippen LogP contribution is 2.25. The highest BCUT2D eigenvalue weighted by molar-refractivity contribution is 5.05. The van der Waals surface area contributed by atoms with Crippen molar-refractivity contribution in [3.63, 3.8) is 0 Å². The summed E-state index contributed by atoms with van der Waals surface area (Å²) in [6.07, 6.45) is 2.99. The molecule has 0 aliphatic heterocycles. The van der Waals surface area contributed by atoms with Crippen LogP contribution in [-0.4, -0.2) is 6.17 Å². The second-order valence-electron chi connectivity index (χ2n) is 2.98. The average molecular weight is 128 g/mol. The summed E-state index contributed by atoms with van der Waals surface area (Å²) in [6.45, 7) is 4.05. The highest BCUT2D eigenvalue weighted by atomic mass is 19.1. The first-order valence-corrected chi connectivity index (χ1v) is 3.50. The summed E-state index contributed by atoms with van der Waals surface area (Å²) < 4.78 is 12.7. The van der Waals surface area contributed by atoms with E-state index in [1.807, 2.05) is 13.0 Å². The van der Waals surface area contributed by atoms with E-state index in [9.17, 15) is 4.39 Å². The van der Waals surface area contributed by atoms with E-state index in [0.717, 1.165) is 6.42 Å². The minimum absolute atomic E-state index is 0.245. The summed E-state index contributed by atoms with van der Waals surface area (Å²) in [5, 5.41) is 0. The first-order valence-electron chi connectivity index (χ1n) is 3.50. The molecule has 0 fully saturated rings. The molecule has 9 heavy (non-hydrogen) atoms. The Bertz CT molecular complexity index is 127. The molecular weight excluding hydrogens is 115 g/mol. The Kier molecular flexibility index (Phi) is 1.89.